The Morgan fingerprint density at radius 1 is 1.02 bits per heavy atom. The summed E-state index contributed by atoms with van der Waals surface area (Å²) in [6.07, 6.45) is -2.21. The first-order valence-electron chi connectivity index (χ1n) is 15.6. The van der Waals surface area contributed by atoms with Crippen molar-refractivity contribution in [2.24, 2.45) is 4.99 Å². The van der Waals surface area contributed by atoms with Gasteiger partial charge in [-0.05, 0) is 82.0 Å². The van der Waals surface area contributed by atoms with Crippen LogP contribution in [0.3, 0.4) is 0 Å². The van der Waals surface area contributed by atoms with Crippen molar-refractivity contribution in [3.8, 4) is 11.5 Å². The summed E-state index contributed by atoms with van der Waals surface area (Å²) in [5.41, 5.74) is -0.0152. The number of amides is 2. The molecule has 0 unspecified atom stereocenters. The SMILES string of the molecule is Cc1cc(OC2CCN(C(=O)OC(C)(C)C)CC2)ccc1/C=C/S(=O)(=O)N1CCC2(CC1)N=C(c1cccc(OC(F)(F)F)c1)NC2=O. The molecule has 2 amide bonds. The van der Waals surface area contributed by atoms with Gasteiger partial charge in [-0.15, -0.1) is 13.2 Å². The second-order valence-electron chi connectivity index (χ2n) is 13.1. The number of aryl methyl sites for hydroxylation is 1. The molecule has 3 heterocycles. The lowest BCUT2D eigenvalue weighted by molar-refractivity contribution is -0.274. The number of carbonyl (C=O) groups is 2. The van der Waals surface area contributed by atoms with E-state index in [1.807, 2.05) is 33.8 Å². The smallest absolute Gasteiger partial charge is 0.490 e. The van der Waals surface area contributed by atoms with Gasteiger partial charge in [0.25, 0.3) is 5.91 Å². The highest BCUT2D eigenvalue weighted by atomic mass is 32.2. The number of likely N-dealkylation sites (tertiary alicyclic amines) is 1. The van der Waals surface area contributed by atoms with Gasteiger partial charge in [-0.3, -0.25) is 9.79 Å². The van der Waals surface area contributed by atoms with Gasteiger partial charge in [-0.1, -0.05) is 18.2 Å². The fourth-order valence-electron chi connectivity index (χ4n) is 5.77. The van der Waals surface area contributed by atoms with E-state index in [-0.39, 0.29) is 49.5 Å². The van der Waals surface area contributed by atoms with E-state index in [1.165, 1.54) is 22.5 Å². The Kier molecular flexibility index (Phi) is 9.84. The normalized spacial score (nSPS) is 19.4. The van der Waals surface area contributed by atoms with Gasteiger partial charge in [0.2, 0.25) is 10.0 Å². The van der Waals surface area contributed by atoms with E-state index < -0.39 is 39.2 Å². The number of amidine groups is 1. The molecule has 0 aliphatic carbocycles. The zero-order valence-electron chi connectivity index (χ0n) is 27.2. The molecule has 0 radical (unpaired) electrons. The maximum Gasteiger partial charge on any atom is 0.573 e. The van der Waals surface area contributed by atoms with Crippen LogP contribution in [0.1, 0.15) is 63.1 Å². The fraction of sp³-hybridized carbons (Fsp3) is 0.485. The third kappa shape index (κ3) is 8.67. The van der Waals surface area contributed by atoms with E-state index >= 15 is 0 Å². The lowest BCUT2D eigenvalue weighted by Crippen LogP contribution is -2.50. The number of nitrogens with zero attached hydrogens (tertiary/aromatic N) is 3. The van der Waals surface area contributed by atoms with Crippen molar-refractivity contribution in [1.29, 1.82) is 0 Å². The Bertz CT molecular complexity index is 1700. The average molecular weight is 693 g/mol. The first-order valence-corrected chi connectivity index (χ1v) is 17.1. The molecule has 3 aliphatic rings. The summed E-state index contributed by atoms with van der Waals surface area (Å²) in [6, 6.07) is 10.5. The topological polar surface area (TPSA) is 127 Å². The second kappa shape index (κ2) is 13.4. The largest absolute Gasteiger partial charge is 0.573 e. The molecule has 2 fully saturated rings. The number of alkyl halides is 3. The summed E-state index contributed by atoms with van der Waals surface area (Å²) in [7, 11) is -3.83. The Morgan fingerprint density at radius 3 is 2.33 bits per heavy atom. The maximum atomic E-state index is 13.2. The molecular weight excluding hydrogens is 653 g/mol. The highest BCUT2D eigenvalue weighted by Crippen LogP contribution is 2.33. The molecule has 260 valence electrons. The molecule has 2 aromatic carbocycles. The molecule has 0 bridgehead atoms. The Labute approximate surface area is 277 Å². The first kappa shape index (κ1) is 35.2. The van der Waals surface area contributed by atoms with Gasteiger partial charge in [0.05, 0.1) is 0 Å². The summed E-state index contributed by atoms with van der Waals surface area (Å²) in [5, 5.41) is 3.77. The third-order valence-electron chi connectivity index (χ3n) is 8.29. The number of hydrogen-bond donors (Lipinski definition) is 1. The highest BCUT2D eigenvalue weighted by Gasteiger charge is 2.47. The van der Waals surface area contributed by atoms with Gasteiger partial charge >= 0.3 is 12.5 Å². The number of carbonyl (C=O) groups excluding carboxylic acids is 2. The molecule has 0 aromatic heterocycles. The molecular formula is C33H39F3N4O7S. The molecule has 5 rings (SSSR count). The number of sulfonamides is 1. The van der Waals surface area contributed by atoms with Crippen molar-refractivity contribution < 1.29 is 45.4 Å². The summed E-state index contributed by atoms with van der Waals surface area (Å²) in [5.74, 6) is -0.115. The summed E-state index contributed by atoms with van der Waals surface area (Å²) >= 11 is 0. The van der Waals surface area contributed by atoms with Gasteiger partial charge in [0.15, 0.2) is 0 Å². The number of aliphatic imine (C=N–C) groups is 1. The van der Waals surface area contributed by atoms with Crippen molar-refractivity contribution in [2.45, 2.75) is 77.0 Å². The Balaban J connectivity index is 1.16. The molecule has 2 aromatic rings. The molecule has 1 N–H and O–H groups in total. The minimum atomic E-state index is -4.87. The minimum absolute atomic E-state index is 0.0343. The number of nitrogens with one attached hydrogen (secondary N) is 1. The molecule has 0 saturated carbocycles. The van der Waals surface area contributed by atoms with E-state index in [1.54, 1.807) is 17.0 Å². The van der Waals surface area contributed by atoms with Gasteiger partial charge < -0.3 is 24.4 Å². The molecule has 0 atom stereocenters. The van der Waals surface area contributed by atoms with E-state index in [9.17, 15) is 31.2 Å². The first-order chi connectivity index (χ1) is 22.4. The van der Waals surface area contributed by atoms with Crippen LogP contribution in [-0.4, -0.2) is 85.2 Å². The monoisotopic (exact) mass is 692 g/mol. The number of piperidine rings is 2. The quantitative estimate of drug-likeness (QED) is 0.413. The van der Waals surface area contributed by atoms with E-state index in [0.29, 0.717) is 37.2 Å². The fourth-order valence-corrected chi connectivity index (χ4v) is 6.95. The lowest BCUT2D eigenvalue weighted by Gasteiger charge is -2.34. The van der Waals surface area contributed by atoms with Crippen LogP contribution in [0.2, 0.25) is 0 Å². The standard InChI is InChI=1S/C33H39F3N4O7S/c1-22-20-26(45-25-10-15-39(16-11-25)30(42)47-31(2,3)4)9-8-23(22)12-19-48(43,44)40-17-13-32(14-18-40)29(41)37-28(38-32)24-6-5-7-27(21-24)46-33(34,35)36/h5-9,12,19-21,25H,10-11,13-18H2,1-4H3,(H,37,38,41)/b19-12+. The van der Waals surface area contributed by atoms with Crippen LogP contribution in [0.15, 0.2) is 52.9 Å². The summed E-state index contributed by atoms with van der Waals surface area (Å²) in [6.45, 7) is 8.48. The molecule has 15 heteroatoms. The average Bonchev–Trinajstić information content (AvgIpc) is 3.30. The van der Waals surface area contributed by atoms with Gasteiger partial charge in [-0.25, -0.2) is 13.2 Å². The third-order valence-corrected chi connectivity index (χ3v) is 9.85. The Morgan fingerprint density at radius 2 is 1.71 bits per heavy atom. The maximum absolute atomic E-state index is 13.2. The predicted molar refractivity (Wildman–Crippen MR) is 172 cm³/mol. The molecule has 11 nitrogen and oxygen atoms in total. The molecule has 3 aliphatic heterocycles. The van der Waals surface area contributed by atoms with Crippen molar-refractivity contribution in [3.05, 3.63) is 64.6 Å². The minimum Gasteiger partial charge on any atom is -0.490 e. The number of benzene rings is 2. The van der Waals surface area contributed by atoms with E-state index in [4.69, 9.17) is 9.47 Å². The number of ether oxygens (including phenoxy) is 3. The molecule has 1 spiro atoms. The van der Waals surface area contributed by atoms with Crippen molar-refractivity contribution >= 4 is 33.9 Å². The van der Waals surface area contributed by atoms with Crippen molar-refractivity contribution in [3.63, 3.8) is 0 Å². The lowest BCUT2D eigenvalue weighted by atomic mass is 9.89. The van der Waals surface area contributed by atoms with Gasteiger partial charge in [0, 0.05) is 50.0 Å². The van der Waals surface area contributed by atoms with Crippen molar-refractivity contribution in [1.82, 2.24) is 14.5 Å². The van der Waals surface area contributed by atoms with Crippen LogP contribution in [-0.2, 0) is 19.6 Å². The molecule has 2 saturated heterocycles. The zero-order valence-corrected chi connectivity index (χ0v) is 28.0. The summed E-state index contributed by atoms with van der Waals surface area (Å²) < 4.78 is 81.2. The highest BCUT2D eigenvalue weighted by molar-refractivity contribution is 7.92. The van der Waals surface area contributed by atoms with Crippen LogP contribution in [0, 0.1) is 6.92 Å². The number of hydrogen-bond acceptors (Lipinski definition) is 8. The van der Waals surface area contributed by atoms with Crippen molar-refractivity contribution in [2.75, 3.05) is 26.2 Å². The molecule has 48 heavy (non-hydrogen) atoms. The van der Waals surface area contributed by atoms with Gasteiger partial charge in [0.1, 0.15) is 34.6 Å². The van der Waals surface area contributed by atoms with Crippen LogP contribution in [0.4, 0.5) is 18.0 Å². The van der Waals surface area contributed by atoms with Crippen LogP contribution >= 0.6 is 0 Å². The van der Waals surface area contributed by atoms with E-state index in [2.05, 4.69) is 15.0 Å². The van der Waals surface area contributed by atoms with Gasteiger partial charge in [-0.2, -0.15) is 4.31 Å². The van der Waals surface area contributed by atoms with Crippen LogP contribution < -0.4 is 14.8 Å². The number of rotatable bonds is 7. The predicted octanol–water partition coefficient (Wildman–Crippen LogP) is 5.38. The Hall–Kier alpha value is -4.11. The zero-order chi connectivity index (χ0) is 34.9. The number of halogens is 3. The van der Waals surface area contributed by atoms with Crippen LogP contribution in [0.5, 0.6) is 11.5 Å². The van der Waals surface area contributed by atoms with Crippen LogP contribution in [0.25, 0.3) is 6.08 Å². The second-order valence-corrected chi connectivity index (χ2v) is 14.9. The summed E-state index contributed by atoms with van der Waals surface area (Å²) in [4.78, 5) is 31.5. The van der Waals surface area contributed by atoms with E-state index in [0.717, 1.165) is 23.1 Å².